The van der Waals surface area contributed by atoms with Gasteiger partial charge in [-0.25, -0.2) is 13.2 Å². The van der Waals surface area contributed by atoms with Crippen LogP contribution in [-0.2, 0) is 19.6 Å². The van der Waals surface area contributed by atoms with Gasteiger partial charge in [-0.05, 0) is 42.8 Å². The number of esters is 1. The molecule has 0 atom stereocenters. The van der Waals surface area contributed by atoms with E-state index in [1.807, 2.05) is 13.0 Å². The molecule has 0 aliphatic rings. The number of aryl methyl sites for hydroxylation is 1. The zero-order chi connectivity index (χ0) is 20.0. The number of carbonyl (C=O) groups is 2. The summed E-state index contributed by atoms with van der Waals surface area (Å²) in [5, 5.41) is 2.66. The average molecular weight is 390 g/mol. The van der Waals surface area contributed by atoms with Crippen molar-refractivity contribution in [3.05, 3.63) is 59.7 Å². The third-order valence-electron chi connectivity index (χ3n) is 3.80. The molecule has 144 valence electrons. The van der Waals surface area contributed by atoms with Crippen LogP contribution < -0.4 is 9.62 Å². The Morgan fingerprint density at radius 3 is 2.44 bits per heavy atom. The van der Waals surface area contributed by atoms with Gasteiger partial charge in [0.05, 0.1) is 24.6 Å². The van der Waals surface area contributed by atoms with Crippen molar-refractivity contribution in [3.63, 3.8) is 0 Å². The lowest BCUT2D eigenvalue weighted by atomic mass is 10.2. The molecule has 2 rings (SSSR count). The van der Waals surface area contributed by atoms with E-state index < -0.39 is 16.0 Å². The van der Waals surface area contributed by atoms with Gasteiger partial charge in [-0.2, -0.15) is 0 Å². The summed E-state index contributed by atoms with van der Waals surface area (Å²) in [5.74, 6) is -0.868. The third kappa shape index (κ3) is 5.82. The standard InChI is InChI=1S/C19H22N2O5S/c1-14-6-4-9-17(12-14)21(27(3,24)25)11-10-18(22)20-16-8-5-7-15(13-16)19(23)26-2/h4-9,12-13H,10-11H2,1-3H3,(H,20,22). The van der Waals surface area contributed by atoms with Gasteiger partial charge in [0.2, 0.25) is 15.9 Å². The molecule has 0 aliphatic heterocycles. The fraction of sp³-hybridized carbons (Fsp3) is 0.263. The minimum atomic E-state index is -3.53. The minimum absolute atomic E-state index is 0.00477. The molecule has 2 aromatic rings. The first-order chi connectivity index (χ1) is 12.7. The van der Waals surface area contributed by atoms with Gasteiger partial charge in [0.25, 0.3) is 0 Å². The molecule has 0 aromatic heterocycles. The van der Waals surface area contributed by atoms with Gasteiger partial charge < -0.3 is 10.1 Å². The Bertz CT molecular complexity index is 941. The molecule has 8 heteroatoms. The number of anilines is 2. The van der Waals surface area contributed by atoms with Crippen LogP contribution in [0.15, 0.2) is 48.5 Å². The van der Waals surface area contributed by atoms with E-state index in [1.54, 1.807) is 36.4 Å². The zero-order valence-corrected chi connectivity index (χ0v) is 16.2. The van der Waals surface area contributed by atoms with E-state index in [0.29, 0.717) is 16.9 Å². The van der Waals surface area contributed by atoms with Crippen molar-refractivity contribution in [2.45, 2.75) is 13.3 Å². The summed E-state index contributed by atoms with van der Waals surface area (Å²) < 4.78 is 30.1. The summed E-state index contributed by atoms with van der Waals surface area (Å²) in [7, 11) is -2.26. The molecule has 7 nitrogen and oxygen atoms in total. The number of nitrogens with zero attached hydrogens (tertiary/aromatic N) is 1. The molecule has 27 heavy (non-hydrogen) atoms. The first-order valence-electron chi connectivity index (χ1n) is 8.23. The second-order valence-electron chi connectivity index (χ2n) is 6.04. The number of sulfonamides is 1. The van der Waals surface area contributed by atoms with E-state index in [1.165, 1.54) is 17.5 Å². The number of hydrogen-bond donors (Lipinski definition) is 1. The van der Waals surface area contributed by atoms with Crippen molar-refractivity contribution in [1.29, 1.82) is 0 Å². The fourth-order valence-corrected chi connectivity index (χ4v) is 3.46. The maximum atomic E-state index is 12.2. The molecule has 2 aromatic carbocycles. The number of nitrogens with one attached hydrogen (secondary N) is 1. The number of methoxy groups -OCH3 is 1. The second kappa shape index (κ2) is 8.68. The number of benzene rings is 2. The maximum absolute atomic E-state index is 12.2. The Morgan fingerprint density at radius 2 is 1.81 bits per heavy atom. The largest absolute Gasteiger partial charge is 0.465 e. The van der Waals surface area contributed by atoms with E-state index >= 15 is 0 Å². The Hall–Kier alpha value is -2.87. The van der Waals surface area contributed by atoms with Gasteiger partial charge >= 0.3 is 5.97 Å². The first-order valence-corrected chi connectivity index (χ1v) is 10.1. The lowest BCUT2D eigenvalue weighted by Gasteiger charge is -2.22. The molecule has 0 fully saturated rings. The van der Waals surface area contributed by atoms with E-state index in [-0.39, 0.29) is 18.9 Å². The maximum Gasteiger partial charge on any atom is 0.337 e. The van der Waals surface area contributed by atoms with E-state index in [9.17, 15) is 18.0 Å². The number of hydrogen-bond acceptors (Lipinski definition) is 5. The molecule has 0 aliphatic carbocycles. The molecule has 0 saturated carbocycles. The van der Waals surface area contributed by atoms with Gasteiger partial charge in [-0.15, -0.1) is 0 Å². The summed E-state index contributed by atoms with van der Waals surface area (Å²) in [5.41, 5.74) is 2.18. The lowest BCUT2D eigenvalue weighted by Crippen LogP contribution is -2.33. The van der Waals surface area contributed by atoms with Gasteiger partial charge in [0, 0.05) is 18.7 Å². The highest BCUT2D eigenvalue weighted by molar-refractivity contribution is 7.92. The Balaban J connectivity index is 2.07. The molecule has 0 unspecified atom stereocenters. The summed E-state index contributed by atoms with van der Waals surface area (Å²) in [6.45, 7) is 1.87. The van der Waals surface area contributed by atoms with Crippen LogP contribution in [0.1, 0.15) is 22.3 Å². The van der Waals surface area contributed by atoms with Crippen molar-refractivity contribution in [1.82, 2.24) is 0 Å². The Kier molecular flexibility index (Phi) is 6.57. The molecular formula is C19H22N2O5S. The normalized spacial score (nSPS) is 10.9. The predicted octanol–water partition coefficient (Wildman–Crippen LogP) is 2.58. The quantitative estimate of drug-likeness (QED) is 0.734. The highest BCUT2D eigenvalue weighted by Gasteiger charge is 2.19. The minimum Gasteiger partial charge on any atom is -0.465 e. The van der Waals surface area contributed by atoms with Gasteiger partial charge in [0.1, 0.15) is 0 Å². The van der Waals surface area contributed by atoms with Crippen molar-refractivity contribution in [3.8, 4) is 0 Å². The molecule has 0 saturated heterocycles. The highest BCUT2D eigenvalue weighted by atomic mass is 32.2. The fourth-order valence-electron chi connectivity index (χ4n) is 2.54. The van der Waals surface area contributed by atoms with Crippen LogP contribution in [0.3, 0.4) is 0 Å². The predicted molar refractivity (Wildman–Crippen MR) is 104 cm³/mol. The molecule has 1 N–H and O–H groups in total. The summed E-state index contributed by atoms with van der Waals surface area (Å²) in [6.07, 6.45) is 1.07. The van der Waals surface area contributed by atoms with Crippen molar-refractivity contribution in [2.75, 3.05) is 29.5 Å². The van der Waals surface area contributed by atoms with Crippen LogP contribution >= 0.6 is 0 Å². The van der Waals surface area contributed by atoms with Crippen molar-refractivity contribution < 1.29 is 22.7 Å². The summed E-state index contributed by atoms with van der Waals surface area (Å²) in [4.78, 5) is 23.8. The topological polar surface area (TPSA) is 92.8 Å². The van der Waals surface area contributed by atoms with Gasteiger partial charge in [-0.1, -0.05) is 18.2 Å². The number of carbonyl (C=O) groups excluding carboxylic acids is 2. The molecule has 0 spiro atoms. The van der Waals surface area contributed by atoms with Crippen LogP contribution in [0, 0.1) is 6.92 Å². The van der Waals surface area contributed by atoms with Crippen LogP contribution in [0.4, 0.5) is 11.4 Å². The second-order valence-corrected chi connectivity index (χ2v) is 7.95. The summed E-state index contributed by atoms with van der Waals surface area (Å²) in [6, 6.07) is 13.4. The van der Waals surface area contributed by atoms with E-state index in [0.717, 1.165) is 11.8 Å². The Labute approximate surface area is 159 Å². The SMILES string of the molecule is COC(=O)c1cccc(NC(=O)CCN(c2cccc(C)c2)S(C)(=O)=O)c1. The van der Waals surface area contributed by atoms with Crippen LogP contribution in [0.5, 0.6) is 0 Å². The lowest BCUT2D eigenvalue weighted by molar-refractivity contribution is -0.116. The average Bonchev–Trinajstić information content (AvgIpc) is 2.60. The molecule has 0 radical (unpaired) electrons. The monoisotopic (exact) mass is 390 g/mol. The highest BCUT2D eigenvalue weighted by Crippen LogP contribution is 2.19. The molecule has 0 heterocycles. The summed E-state index contributed by atoms with van der Waals surface area (Å²) >= 11 is 0. The van der Waals surface area contributed by atoms with Crippen LogP contribution in [0.2, 0.25) is 0 Å². The smallest absolute Gasteiger partial charge is 0.337 e. The first kappa shape index (κ1) is 20.4. The number of rotatable bonds is 7. The van der Waals surface area contributed by atoms with Crippen LogP contribution in [-0.4, -0.2) is 40.2 Å². The molecule has 1 amide bonds. The molecule has 0 bridgehead atoms. The van der Waals surface area contributed by atoms with E-state index in [4.69, 9.17) is 0 Å². The van der Waals surface area contributed by atoms with Gasteiger partial charge in [0.15, 0.2) is 0 Å². The third-order valence-corrected chi connectivity index (χ3v) is 4.99. The Morgan fingerprint density at radius 1 is 1.11 bits per heavy atom. The van der Waals surface area contributed by atoms with Crippen LogP contribution in [0.25, 0.3) is 0 Å². The molecular weight excluding hydrogens is 368 g/mol. The zero-order valence-electron chi connectivity index (χ0n) is 15.4. The van der Waals surface area contributed by atoms with Gasteiger partial charge in [-0.3, -0.25) is 9.10 Å². The number of ether oxygens (including phenoxy) is 1. The number of amides is 1. The van der Waals surface area contributed by atoms with E-state index in [2.05, 4.69) is 10.1 Å². The van der Waals surface area contributed by atoms with Crippen molar-refractivity contribution >= 4 is 33.3 Å². The van der Waals surface area contributed by atoms with Crippen molar-refractivity contribution in [2.24, 2.45) is 0 Å².